The minimum atomic E-state index is -0.502. The number of benzene rings is 2. The largest absolute Gasteiger partial charge is 0.493 e. The Morgan fingerprint density at radius 1 is 1.00 bits per heavy atom. The van der Waals surface area contributed by atoms with Crippen molar-refractivity contribution in [3.05, 3.63) is 54.1 Å². The van der Waals surface area contributed by atoms with Crippen LogP contribution in [0, 0.1) is 0 Å². The van der Waals surface area contributed by atoms with Crippen LogP contribution in [0.25, 0.3) is 0 Å². The molecular formula is C20H25N3O4. The second-order valence-electron chi connectivity index (χ2n) is 5.93. The van der Waals surface area contributed by atoms with Crippen LogP contribution in [-0.4, -0.2) is 39.8 Å². The number of nitrogens with one attached hydrogen (secondary N) is 2. The average molecular weight is 371 g/mol. The van der Waals surface area contributed by atoms with Crippen LogP contribution in [-0.2, 0) is 11.3 Å². The molecule has 0 spiro atoms. The Labute approximate surface area is 159 Å². The fourth-order valence-corrected chi connectivity index (χ4v) is 2.47. The molecule has 0 bridgehead atoms. The second kappa shape index (κ2) is 10.1. The highest BCUT2D eigenvalue weighted by Gasteiger charge is 2.11. The first kappa shape index (κ1) is 20.1. The maximum absolute atomic E-state index is 12.0. The quantitative estimate of drug-likeness (QED) is 0.745. The molecule has 2 rings (SSSR count). The first-order valence-electron chi connectivity index (χ1n) is 8.58. The number of anilines is 1. The fourth-order valence-electron chi connectivity index (χ4n) is 2.47. The predicted molar refractivity (Wildman–Crippen MR) is 104 cm³/mol. The molecular weight excluding hydrogens is 346 g/mol. The fraction of sp³-hybridized carbons (Fsp3) is 0.300. The van der Waals surface area contributed by atoms with E-state index >= 15 is 0 Å². The van der Waals surface area contributed by atoms with Crippen LogP contribution in [0.3, 0.4) is 0 Å². The molecule has 27 heavy (non-hydrogen) atoms. The number of imide groups is 1. The molecule has 2 aromatic rings. The third-order valence-electron chi connectivity index (χ3n) is 4.03. The lowest BCUT2D eigenvalue weighted by Crippen LogP contribution is -2.40. The van der Waals surface area contributed by atoms with Gasteiger partial charge < -0.3 is 19.7 Å². The summed E-state index contributed by atoms with van der Waals surface area (Å²) in [7, 11) is 5.02. The van der Waals surface area contributed by atoms with E-state index in [0.29, 0.717) is 24.6 Å². The summed E-state index contributed by atoms with van der Waals surface area (Å²) < 4.78 is 10.5. The van der Waals surface area contributed by atoms with Gasteiger partial charge in [0.1, 0.15) is 0 Å². The van der Waals surface area contributed by atoms with Crippen molar-refractivity contribution < 1.29 is 19.1 Å². The van der Waals surface area contributed by atoms with Gasteiger partial charge in [-0.2, -0.15) is 0 Å². The first-order valence-corrected chi connectivity index (χ1v) is 8.58. The van der Waals surface area contributed by atoms with Crippen molar-refractivity contribution in [2.75, 3.05) is 32.7 Å². The normalized spacial score (nSPS) is 10.0. The van der Waals surface area contributed by atoms with Crippen molar-refractivity contribution in [3.63, 3.8) is 0 Å². The van der Waals surface area contributed by atoms with E-state index in [9.17, 15) is 9.59 Å². The molecule has 2 N–H and O–H groups in total. The maximum atomic E-state index is 12.0. The first-order chi connectivity index (χ1) is 13.0. The number of rotatable bonds is 8. The summed E-state index contributed by atoms with van der Waals surface area (Å²) in [6.45, 7) is 0.818. The maximum Gasteiger partial charge on any atom is 0.321 e. The molecule has 0 fully saturated rings. The van der Waals surface area contributed by atoms with Gasteiger partial charge in [0.25, 0.3) is 0 Å². The smallest absolute Gasteiger partial charge is 0.321 e. The third-order valence-corrected chi connectivity index (χ3v) is 4.03. The average Bonchev–Trinajstić information content (AvgIpc) is 2.70. The van der Waals surface area contributed by atoms with Crippen LogP contribution in [0.4, 0.5) is 10.5 Å². The summed E-state index contributed by atoms with van der Waals surface area (Å²) in [5.74, 6) is 0.918. The number of carbonyl (C=O) groups is 2. The van der Waals surface area contributed by atoms with Crippen molar-refractivity contribution in [3.8, 4) is 11.5 Å². The molecule has 7 nitrogen and oxygen atoms in total. The van der Waals surface area contributed by atoms with Crippen molar-refractivity contribution in [1.29, 1.82) is 0 Å². The van der Waals surface area contributed by atoms with Gasteiger partial charge in [0.15, 0.2) is 11.5 Å². The molecule has 0 saturated heterocycles. The van der Waals surface area contributed by atoms with Crippen molar-refractivity contribution in [1.82, 2.24) is 10.6 Å². The minimum Gasteiger partial charge on any atom is -0.493 e. The van der Waals surface area contributed by atoms with Gasteiger partial charge in [-0.3, -0.25) is 10.1 Å². The molecule has 0 aromatic heterocycles. The minimum absolute atomic E-state index is 0.184. The Hall–Kier alpha value is -3.22. The lowest BCUT2D eigenvalue weighted by Gasteiger charge is -2.20. The number of methoxy groups -OCH3 is 2. The van der Waals surface area contributed by atoms with Crippen LogP contribution in [0.1, 0.15) is 12.0 Å². The zero-order valence-corrected chi connectivity index (χ0v) is 15.8. The van der Waals surface area contributed by atoms with E-state index in [1.807, 2.05) is 60.5 Å². The molecule has 0 aliphatic carbocycles. The molecule has 7 heteroatoms. The van der Waals surface area contributed by atoms with E-state index in [-0.39, 0.29) is 12.3 Å². The van der Waals surface area contributed by atoms with Gasteiger partial charge in [-0.05, 0) is 17.7 Å². The number of hydrogen-bond acceptors (Lipinski definition) is 5. The van der Waals surface area contributed by atoms with E-state index in [1.165, 1.54) is 0 Å². The number of carbonyl (C=O) groups excluding carboxylic acids is 2. The number of hydrogen-bond donors (Lipinski definition) is 2. The number of ether oxygens (including phenoxy) is 2. The van der Waals surface area contributed by atoms with Gasteiger partial charge in [-0.1, -0.05) is 30.3 Å². The molecule has 0 saturated carbocycles. The zero-order chi connectivity index (χ0) is 19.6. The summed E-state index contributed by atoms with van der Waals surface area (Å²) in [5, 5.41) is 5.00. The van der Waals surface area contributed by atoms with Gasteiger partial charge in [-0.25, -0.2) is 4.79 Å². The van der Waals surface area contributed by atoms with E-state index in [0.717, 1.165) is 11.3 Å². The molecule has 0 atom stereocenters. The Morgan fingerprint density at radius 3 is 2.37 bits per heavy atom. The van der Waals surface area contributed by atoms with Crippen LogP contribution in [0.5, 0.6) is 11.5 Å². The van der Waals surface area contributed by atoms with Crippen LogP contribution in [0.15, 0.2) is 48.5 Å². The van der Waals surface area contributed by atoms with E-state index in [4.69, 9.17) is 9.47 Å². The van der Waals surface area contributed by atoms with Gasteiger partial charge in [0.05, 0.1) is 14.2 Å². The molecule has 0 aliphatic rings. The summed E-state index contributed by atoms with van der Waals surface area (Å²) >= 11 is 0. The standard InChI is InChI=1S/C20H25N3O4/c1-23(16-9-10-17(26-2)18(13-16)27-3)12-11-19(24)22-20(25)21-14-15-7-5-4-6-8-15/h4-10,13H,11-12,14H2,1-3H3,(H2,21,22,24,25). The molecule has 0 radical (unpaired) electrons. The van der Waals surface area contributed by atoms with Crippen LogP contribution < -0.4 is 25.0 Å². The highest BCUT2D eigenvalue weighted by molar-refractivity contribution is 5.94. The lowest BCUT2D eigenvalue weighted by atomic mass is 10.2. The van der Waals surface area contributed by atoms with E-state index in [2.05, 4.69) is 10.6 Å². The second-order valence-corrected chi connectivity index (χ2v) is 5.93. The summed E-state index contributed by atoms with van der Waals surface area (Å²) in [5.41, 5.74) is 1.85. The van der Waals surface area contributed by atoms with Gasteiger partial charge >= 0.3 is 6.03 Å². The Kier molecular flexibility index (Phi) is 7.49. The number of nitrogens with zero attached hydrogens (tertiary/aromatic N) is 1. The van der Waals surface area contributed by atoms with Gasteiger partial charge in [-0.15, -0.1) is 0 Å². The Bertz CT molecular complexity index is 765. The summed E-state index contributed by atoms with van der Waals surface area (Å²) in [6.07, 6.45) is 0.184. The highest BCUT2D eigenvalue weighted by atomic mass is 16.5. The third kappa shape index (κ3) is 6.22. The molecule has 0 unspecified atom stereocenters. The molecule has 2 aromatic carbocycles. The lowest BCUT2D eigenvalue weighted by molar-refractivity contribution is -0.119. The molecule has 0 heterocycles. The molecule has 144 valence electrons. The topological polar surface area (TPSA) is 79.9 Å². The Morgan fingerprint density at radius 2 is 1.70 bits per heavy atom. The zero-order valence-electron chi connectivity index (χ0n) is 15.8. The predicted octanol–water partition coefficient (Wildman–Crippen LogP) is 2.56. The van der Waals surface area contributed by atoms with Crippen molar-refractivity contribution in [2.45, 2.75) is 13.0 Å². The molecule has 3 amide bonds. The molecule has 0 aliphatic heterocycles. The SMILES string of the molecule is COc1ccc(N(C)CCC(=O)NC(=O)NCc2ccccc2)cc1OC. The van der Waals surface area contributed by atoms with Gasteiger partial charge in [0.2, 0.25) is 5.91 Å². The van der Waals surface area contributed by atoms with E-state index in [1.54, 1.807) is 14.2 Å². The van der Waals surface area contributed by atoms with E-state index < -0.39 is 6.03 Å². The number of urea groups is 1. The highest BCUT2D eigenvalue weighted by Crippen LogP contribution is 2.31. The number of amides is 3. The van der Waals surface area contributed by atoms with Crippen LogP contribution in [0.2, 0.25) is 0 Å². The van der Waals surface area contributed by atoms with Crippen molar-refractivity contribution >= 4 is 17.6 Å². The summed E-state index contributed by atoms with van der Waals surface area (Å²) in [4.78, 5) is 25.7. The van der Waals surface area contributed by atoms with Crippen LogP contribution >= 0.6 is 0 Å². The Balaban J connectivity index is 1.78. The van der Waals surface area contributed by atoms with Crippen molar-refractivity contribution in [2.24, 2.45) is 0 Å². The van der Waals surface area contributed by atoms with Gasteiger partial charge in [0, 0.05) is 38.3 Å². The summed E-state index contributed by atoms with van der Waals surface area (Å²) in [6, 6.07) is 14.5. The monoisotopic (exact) mass is 371 g/mol.